The van der Waals surface area contributed by atoms with Gasteiger partial charge in [0.05, 0.1) is 0 Å². The van der Waals surface area contributed by atoms with Gasteiger partial charge in [-0.2, -0.15) is 0 Å². The van der Waals surface area contributed by atoms with E-state index in [-0.39, 0.29) is 7.92 Å². The van der Waals surface area contributed by atoms with Crippen molar-refractivity contribution in [3.8, 4) is 16.9 Å². The van der Waals surface area contributed by atoms with Gasteiger partial charge in [0.2, 0.25) is 0 Å². The lowest BCUT2D eigenvalue weighted by atomic mass is 10.0. The monoisotopic (exact) mass is 314 g/mol. The average molecular weight is 314 g/mol. The summed E-state index contributed by atoms with van der Waals surface area (Å²) in [5, 5.41) is 11.7. The minimum Gasteiger partial charge on any atom is -0.507 e. The summed E-state index contributed by atoms with van der Waals surface area (Å²) >= 11 is 0. The van der Waals surface area contributed by atoms with Crippen molar-refractivity contribution in [1.82, 2.24) is 0 Å². The Kier molecular flexibility index (Phi) is 6.93. The molecule has 0 fully saturated rings. The molecule has 0 bridgehead atoms. The topological polar surface area (TPSA) is 20.2 Å². The Hall–Kier alpha value is -1.33. The summed E-state index contributed by atoms with van der Waals surface area (Å²) < 4.78 is 0. The first-order valence-electron chi connectivity index (χ1n) is 8.40. The molecule has 0 spiro atoms. The van der Waals surface area contributed by atoms with Crippen LogP contribution in [-0.2, 0) is 0 Å². The first-order valence-corrected chi connectivity index (χ1v) is 10.1. The molecule has 0 heterocycles. The maximum atomic E-state index is 10.2. The van der Waals surface area contributed by atoms with Crippen molar-refractivity contribution in [2.24, 2.45) is 0 Å². The molecule has 2 rings (SSSR count). The van der Waals surface area contributed by atoms with E-state index in [1.165, 1.54) is 48.9 Å². The Labute approximate surface area is 136 Å². The van der Waals surface area contributed by atoms with Crippen LogP contribution < -0.4 is 5.30 Å². The second-order valence-electron chi connectivity index (χ2n) is 5.73. The Morgan fingerprint density at radius 1 is 0.773 bits per heavy atom. The van der Waals surface area contributed by atoms with Gasteiger partial charge in [-0.15, -0.1) is 0 Å². The van der Waals surface area contributed by atoms with E-state index >= 15 is 0 Å². The number of aromatic hydroxyl groups is 1. The summed E-state index contributed by atoms with van der Waals surface area (Å²) in [5.41, 5.74) is 2.19. The molecule has 2 aromatic carbocycles. The number of benzene rings is 2. The smallest absolute Gasteiger partial charge is 0.123 e. The molecule has 0 unspecified atom stereocenters. The number of para-hydroxylation sites is 1. The van der Waals surface area contributed by atoms with Gasteiger partial charge in [0, 0.05) is 5.56 Å². The molecule has 1 N–H and O–H groups in total. The normalized spacial score (nSPS) is 11.0. The number of phenols is 1. The summed E-state index contributed by atoms with van der Waals surface area (Å²) in [7, 11) is -0.135. The van der Waals surface area contributed by atoms with E-state index in [9.17, 15) is 5.11 Å². The first-order chi connectivity index (χ1) is 10.8. The summed E-state index contributed by atoms with van der Waals surface area (Å²) in [6.07, 6.45) is 7.70. The van der Waals surface area contributed by atoms with E-state index in [0.717, 1.165) is 5.56 Å². The molecule has 0 atom stereocenters. The molecule has 1 nitrogen and oxygen atoms in total. The van der Waals surface area contributed by atoms with E-state index < -0.39 is 0 Å². The van der Waals surface area contributed by atoms with Crippen molar-refractivity contribution >= 4 is 13.2 Å². The van der Waals surface area contributed by atoms with E-state index in [1.807, 2.05) is 18.2 Å². The zero-order chi connectivity index (χ0) is 15.8. The van der Waals surface area contributed by atoms with E-state index in [1.54, 1.807) is 6.07 Å². The molecule has 0 radical (unpaired) electrons. The van der Waals surface area contributed by atoms with Gasteiger partial charge in [0.1, 0.15) is 5.75 Å². The lowest BCUT2D eigenvalue weighted by Gasteiger charge is -2.21. The van der Waals surface area contributed by atoms with Gasteiger partial charge < -0.3 is 5.11 Å². The molecular weight excluding hydrogens is 287 g/mol. The van der Waals surface area contributed by atoms with Crippen molar-refractivity contribution in [3.05, 3.63) is 48.5 Å². The molecule has 0 aliphatic heterocycles. The highest BCUT2D eigenvalue weighted by Crippen LogP contribution is 2.41. The minimum atomic E-state index is -0.135. The van der Waals surface area contributed by atoms with Crippen LogP contribution >= 0.6 is 7.92 Å². The second kappa shape index (κ2) is 8.96. The van der Waals surface area contributed by atoms with Crippen LogP contribution in [0.1, 0.15) is 39.5 Å². The predicted octanol–water partition coefficient (Wildman–Crippen LogP) is 5.77. The highest BCUT2D eigenvalue weighted by atomic mass is 31.1. The number of phenolic OH excluding ortho intramolecular Hbond substituents is 1. The third-order valence-electron chi connectivity index (χ3n) is 4.00. The van der Waals surface area contributed by atoms with Gasteiger partial charge in [-0.1, -0.05) is 77.1 Å². The van der Waals surface area contributed by atoms with Crippen LogP contribution in [0.2, 0.25) is 0 Å². The van der Waals surface area contributed by atoms with Gasteiger partial charge in [-0.3, -0.25) is 0 Å². The fourth-order valence-corrected chi connectivity index (χ4v) is 5.66. The number of hydrogen-bond acceptors (Lipinski definition) is 1. The summed E-state index contributed by atoms with van der Waals surface area (Å²) in [5.74, 6) is 0.385. The van der Waals surface area contributed by atoms with Gasteiger partial charge in [0.25, 0.3) is 0 Å². The van der Waals surface area contributed by atoms with Gasteiger partial charge in [0.15, 0.2) is 0 Å². The molecule has 0 saturated carbocycles. The van der Waals surface area contributed by atoms with Crippen LogP contribution in [0.5, 0.6) is 5.75 Å². The SMILES string of the molecule is CCCCP(CCCC)c1ccccc1-c1ccccc1O. The Morgan fingerprint density at radius 2 is 1.32 bits per heavy atom. The minimum absolute atomic E-state index is 0.135. The second-order valence-corrected chi connectivity index (χ2v) is 8.18. The van der Waals surface area contributed by atoms with E-state index in [0.29, 0.717) is 5.75 Å². The third kappa shape index (κ3) is 4.34. The molecule has 0 aliphatic rings. The van der Waals surface area contributed by atoms with Crippen molar-refractivity contribution in [2.75, 3.05) is 12.3 Å². The summed E-state index contributed by atoms with van der Waals surface area (Å²) in [6, 6.07) is 16.4. The van der Waals surface area contributed by atoms with Crippen LogP contribution in [0, 0.1) is 0 Å². The maximum absolute atomic E-state index is 10.2. The first kappa shape index (κ1) is 17.0. The van der Waals surface area contributed by atoms with Crippen molar-refractivity contribution in [3.63, 3.8) is 0 Å². The molecule has 2 heteroatoms. The third-order valence-corrected chi connectivity index (χ3v) is 6.79. The zero-order valence-electron chi connectivity index (χ0n) is 13.8. The largest absolute Gasteiger partial charge is 0.507 e. The van der Waals surface area contributed by atoms with Crippen LogP contribution in [0.25, 0.3) is 11.1 Å². The van der Waals surface area contributed by atoms with Crippen molar-refractivity contribution in [2.45, 2.75) is 39.5 Å². The highest BCUT2D eigenvalue weighted by Gasteiger charge is 2.16. The number of rotatable bonds is 8. The molecule has 2 aromatic rings. The average Bonchev–Trinajstić information content (AvgIpc) is 2.56. The number of hydrogen-bond donors (Lipinski definition) is 1. The molecule has 22 heavy (non-hydrogen) atoms. The molecule has 118 valence electrons. The lowest BCUT2D eigenvalue weighted by Crippen LogP contribution is -2.10. The maximum Gasteiger partial charge on any atom is 0.123 e. The molecular formula is C20H27OP. The molecule has 0 amide bonds. The highest BCUT2D eigenvalue weighted by molar-refractivity contribution is 7.65. The van der Waals surface area contributed by atoms with Crippen LogP contribution in [0.3, 0.4) is 0 Å². The van der Waals surface area contributed by atoms with Gasteiger partial charge >= 0.3 is 0 Å². The standard InChI is InChI=1S/C20H27OP/c1-3-5-15-22(16-6-4-2)20-14-10-8-12-18(20)17-11-7-9-13-19(17)21/h7-14,21H,3-6,15-16H2,1-2H3. The lowest BCUT2D eigenvalue weighted by molar-refractivity contribution is 0.477. The van der Waals surface area contributed by atoms with Crippen LogP contribution in [0.4, 0.5) is 0 Å². The van der Waals surface area contributed by atoms with Crippen LogP contribution in [0.15, 0.2) is 48.5 Å². The Balaban J connectivity index is 2.38. The van der Waals surface area contributed by atoms with E-state index in [2.05, 4.69) is 38.1 Å². The molecule has 0 saturated heterocycles. The summed E-state index contributed by atoms with van der Waals surface area (Å²) in [6.45, 7) is 4.53. The fraction of sp³-hybridized carbons (Fsp3) is 0.400. The van der Waals surface area contributed by atoms with Gasteiger partial charge in [-0.25, -0.2) is 0 Å². The molecule has 0 aliphatic carbocycles. The van der Waals surface area contributed by atoms with Crippen molar-refractivity contribution in [1.29, 1.82) is 0 Å². The number of unbranched alkanes of at least 4 members (excludes halogenated alkanes) is 2. The quantitative estimate of drug-likeness (QED) is 0.614. The molecule has 0 aromatic heterocycles. The Bertz CT molecular complexity index is 571. The zero-order valence-corrected chi connectivity index (χ0v) is 14.7. The van der Waals surface area contributed by atoms with Crippen LogP contribution in [-0.4, -0.2) is 17.4 Å². The fourth-order valence-electron chi connectivity index (χ4n) is 2.73. The summed E-state index contributed by atoms with van der Waals surface area (Å²) in [4.78, 5) is 0. The van der Waals surface area contributed by atoms with E-state index in [4.69, 9.17) is 0 Å². The predicted molar refractivity (Wildman–Crippen MR) is 99.6 cm³/mol. The van der Waals surface area contributed by atoms with Crippen molar-refractivity contribution < 1.29 is 5.11 Å². The van der Waals surface area contributed by atoms with Gasteiger partial charge in [-0.05, 0) is 42.1 Å². The Morgan fingerprint density at radius 3 is 1.91 bits per heavy atom.